The Kier molecular flexibility index (Phi) is 12.3. The number of nitrogens with zero attached hydrogens (tertiary/aromatic N) is 3. The molecule has 1 heterocycles. The first-order chi connectivity index (χ1) is 22.8. The number of hydrogen-bond acceptors (Lipinski definition) is 6. The van der Waals surface area contributed by atoms with Crippen LogP contribution in [0.4, 0.5) is 28.4 Å². The number of thiophene rings is 1. The molecule has 0 aliphatic heterocycles. The van der Waals surface area contributed by atoms with Crippen LogP contribution in [0.2, 0.25) is 0 Å². The third kappa shape index (κ3) is 9.84. The highest BCUT2D eigenvalue weighted by Gasteiger charge is 2.35. The van der Waals surface area contributed by atoms with Crippen molar-refractivity contribution in [1.29, 1.82) is 0 Å². The zero-order valence-electron chi connectivity index (χ0n) is 32.1. The summed E-state index contributed by atoms with van der Waals surface area (Å²) in [4.78, 5) is 3.58. The van der Waals surface area contributed by atoms with Gasteiger partial charge in [0.15, 0.2) is 0 Å². The van der Waals surface area contributed by atoms with Gasteiger partial charge in [0.1, 0.15) is 0 Å². The lowest BCUT2D eigenvalue weighted by atomic mass is 10.1. The predicted molar refractivity (Wildman–Crippen MR) is 219 cm³/mol. The third-order valence-electron chi connectivity index (χ3n) is 9.06. The van der Waals surface area contributed by atoms with E-state index in [-0.39, 0.29) is 10.3 Å². The summed E-state index contributed by atoms with van der Waals surface area (Å²) in [5.74, 6) is 0. The van der Waals surface area contributed by atoms with Crippen LogP contribution in [0.5, 0.6) is 0 Å². The number of aryl methyl sites for hydroxylation is 1. The molecule has 0 aliphatic rings. The van der Waals surface area contributed by atoms with Crippen LogP contribution in [-0.2, 0) is 10.7 Å². The first-order valence-corrected chi connectivity index (χ1v) is 21.0. The minimum atomic E-state index is -1.40. The smallest absolute Gasteiger partial charge is 0.0655 e. The highest BCUT2D eigenvalue weighted by Crippen LogP contribution is 2.55. The molecule has 0 radical (unpaired) electrons. The van der Waals surface area contributed by atoms with Crippen LogP contribution in [0.3, 0.4) is 0 Å². The molecular formula is C42H61N3O2S2. The maximum Gasteiger partial charge on any atom is 0.0655 e. The Morgan fingerprint density at radius 2 is 1.14 bits per heavy atom. The van der Waals surface area contributed by atoms with Crippen LogP contribution in [-0.4, -0.2) is 33.5 Å². The molecule has 1 N–H and O–H groups in total. The molecule has 0 fully saturated rings. The van der Waals surface area contributed by atoms with Crippen molar-refractivity contribution < 1.29 is 9.49 Å². The van der Waals surface area contributed by atoms with Crippen LogP contribution in [0.15, 0.2) is 84.2 Å². The summed E-state index contributed by atoms with van der Waals surface area (Å²) in [7, 11) is -1.40. The highest BCUT2D eigenvalue weighted by atomic mass is 32.3. The Bertz CT molecular complexity index is 1610. The Morgan fingerprint density at radius 3 is 1.61 bits per heavy atom. The molecule has 0 amide bonds. The largest absolute Gasteiger partial charge is 0.311 e. The van der Waals surface area contributed by atoms with E-state index in [2.05, 4.69) is 143 Å². The van der Waals surface area contributed by atoms with Gasteiger partial charge < -0.3 is 4.90 Å². The minimum absolute atomic E-state index is 0.0298. The molecule has 0 unspecified atom stereocenters. The second-order valence-corrected chi connectivity index (χ2v) is 21.2. The fraction of sp³-hybridized carbons (Fsp3) is 0.476. The Labute approximate surface area is 303 Å². The molecular weight excluding hydrogens is 643 g/mol. The molecule has 0 bridgehead atoms. The Hall–Kier alpha value is -2.97. The zero-order valence-corrected chi connectivity index (χ0v) is 33.8. The van der Waals surface area contributed by atoms with Gasteiger partial charge in [-0.15, -0.1) is 21.6 Å². The average Bonchev–Trinajstić information content (AvgIpc) is 3.50. The summed E-state index contributed by atoms with van der Waals surface area (Å²) in [6.07, 6.45) is 10.8. The van der Waals surface area contributed by atoms with Gasteiger partial charge in [0.05, 0.1) is 22.5 Å². The fourth-order valence-corrected chi connectivity index (χ4v) is 7.21. The summed E-state index contributed by atoms with van der Waals surface area (Å²) < 4.78 is 6.88. The van der Waals surface area contributed by atoms with Crippen molar-refractivity contribution in [1.82, 2.24) is 0 Å². The van der Waals surface area contributed by atoms with E-state index >= 15 is 0 Å². The van der Waals surface area contributed by atoms with Crippen LogP contribution >= 0.6 is 21.6 Å². The quantitative estimate of drug-likeness (QED) is 0.111. The number of hydrogen-bond donors (Lipinski definition) is 1. The molecule has 4 aromatic rings. The van der Waals surface area contributed by atoms with Gasteiger partial charge in [0, 0.05) is 26.7 Å². The van der Waals surface area contributed by atoms with Gasteiger partial charge in [-0.25, -0.2) is 9.35 Å². The molecule has 49 heavy (non-hydrogen) atoms. The average molecular weight is 704 g/mol. The first-order valence-electron chi connectivity index (χ1n) is 17.7. The fourth-order valence-electron chi connectivity index (χ4n) is 5.34. The van der Waals surface area contributed by atoms with Crippen molar-refractivity contribution in [2.45, 2.75) is 117 Å². The van der Waals surface area contributed by atoms with Crippen LogP contribution in [0.1, 0.15) is 100 Å². The van der Waals surface area contributed by atoms with Crippen molar-refractivity contribution in [3.63, 3.8) is 0 Å². The number of rotatable bonds is 13. The minimum Gasteiger partial charge on any atom is -0.311 e. The van der Waals surface area contributed by atoms with Gasteiger partial charge >= 0.3 is 0 Å². The van der Waals surface area contributed by atoms with Crippen molar-refractivity contribution in [3.8, 4) is 10.4 Å². The van der Waals surface area contributed by atoms with E-state index in [1.54, 1.807) is 0 Å². The molecule has 4 rings (SSSR count). The SMILES string of the molecule is CCCCCCc1csc(-c2ccc(N(c3ccc(N(O)C(C)(C)C)cc3)c3ccc(N(OS(C)(C)C(C)(C)C)C(C)(C)C)cc3)cc2)c1. The van der Waals surface area contributed by atoms with Crippen molar-refractivity contribution in [2.75, 3.05) is 27.5 Å². The molecule has 7 heteroatoms. The molecule has 0 spiro atoms. The van der Waals surface area contributed by atoms with E-state index in [1.807, 2.05) is 44.2 Å². The van der Waals surface area contributed by atoms with Gasteiger partial charge in [0.25, 0.3) is 0 Å². The Morgan fingerprint density at radius 1 is 0.653 bits per heavy atom. The van der Waals surface area contributed by atoms with Gasteiger partial charge in [-0.05, 0) is 150 Å². The lowest BCUT2D eigenvalue weighted by Gasteiger charge is -2.49. The molecule has 3 aromatic carbocycles. The van der Waals surface area contributed by atoms with Gasteiger partial charge in [0.2, 0.25) is 0 Å². The summed E-state index contributed by atoms with van der Waals surface area (Å²) in [6.45, 7) is 21.6. The number of anilines is 5. The normalized spacial score (nSPS) is 13.0. The molecule has 268 valence electrons. The van der Waals surface area contributed by atoms with Crippen molar-refractivity contribution in [2.24, 2.45) is 0 Å². The predicted octanol–water partition coefficient (Wildman–Crippen LogP) is 13.3. The number of hydroxylamine groups is 2. The summed E-state index contributed by atoms with van der Waals surface area (Å²) in [5, 5.41) is 16.6. The van der Waals surface area contributed by atoms with Gasteiger partial charge in [-0.2, -0.15) is 0 Å². The zero-order chi connectivity index (χ0) is 36.2. The van der Waals surface area contributed by atoms with Gasteiger partial charge in [-0.1, -0.05) is 59.1 Å². The van der Waals surface area contributed by atoms with E-state index in [0.29, 0.717) is 0 Å². The Balaban J connectivity index is 1.69. The molecule has 0 atom stereocenters. The molecule has 0 aliphatic carbocycles. The molecule has 5 nitrogen and oxygen atoms in total. The van der Waals surface area contributed by atoms with Crippen molar-refractivity contribution >= 4 is 50.1 Å². The summed E-state index contributed by atoms with van der Waals surface area (Å²) >= 11 is 1.83. The molecule has 0 saturated carbocycles. The monoisotopic (exact) mass is 703 g/mol. The standard InChI is InChI=1S/C42H61N3O2S2/c1-13-14-15-16-17-32-30-39(48-31-32)33-18-20-34(21-19-33)43(35-22-26-37(27-23-35)44(46)40(2,3)4)36-24-28-38(29-25-36)45(41(5,6)7)47-49(11,12)42(8,9)10/h18-31,46H,13-17H2,1-12H3. The van der Waals surface area contributed by atoms with E-state index < -0.39 is 15.8 Å². The molecule has 0 saturated heterocycles. The topological polar surface area (TPSA) is 39.2 Å². The maximum atomic E-state index is 10.8. The highest BCUT2D eigenvalue weighted by molar-refractivity contribution is 8.29. The number of unbranched alkanes of at least 4 members (excludes halogenated alkanes) is 3. The second-order valence-electron chi connectivity index (χ2n) is 16.4. The lowest BCUT2D eigenvalue weighted by molar-refractivity contribution is 0.181. The van der Waals surface area contributed by atoms with E-state index in [1.165, 1.54) is 46.8 Å². The second kappa shape index (κ2) is 15.5. The lowest BCUT2D eigenvalue weighted by Crippen LogP contribution is -2.44. The van der Waals surface area contributed by atoms with E-state index in [9.17, 15) is 5.21 Å². The van der Waals surface area contributed by atoms with Crippen LogP contribution in [0, 0.1) is 0 Å². The maximum absolute atomic E-state index is 10.8. The van der Waals surface area contributed by atoms with Gasteiger partial charge in [-0.3, -0.25) is 10.3 Å². The van der Waals surface area contributed by atoms with E-state index in [4.69, 9.17) is 4.28 Å². The van der Waals surface area contributed by atoms with Crippen molar-refractivity contribution in [3.05, 3.63) is 89.8 Å². The molecule has 1 aromatic heterocycles. The third-order valence-corrected chi connectivity index (χ3v) is 13.6. The number of benzene rings is 3. The van der Waals surface area contributed by atoms with Crippen LogP contribution < -0.4 is 15.0 Å². The van der Waals surface area contributed by atoms with E-state index in [0.717, 1.165) is 34.9 Å². The summed E-state index contributed by atoms with van der Waals surface area (Å²) in [6, 6.07) is 28.1. The summed E-state index contributed by atoms with van der Waals surface area (Å²) in [5.41, 5.74) is 6.94. The van der Waals surface area contributed by atoms with Crippen LogP contribution in [0.25, 0.3) is 10.4 Å². The first kappa shape index (κ1) is 38.8.